The lowest BCUT2D eigenvalue weighted by Gasteiger charge is -2.05. The van der Waals surface area contributed by atoms with E-state index in [1.807, 2.05) is 6.07 Å². The van der Waals surface area contributed by atoms with Crippen LogP contribution in [-0.4, -0.2) is 25.6 Å². The van der Waals surface area contributed by atoms with Gasteiger partial charge in [0.15, 0.2) is 5.13 Å². The van der Waals surface area contributed by atoms with Gasteiger partial charge in [0.05, 0.1) is 16.3 Å². The maximum Gasteiger partial charge on any atom is 0.270 e. The fraction of sp³-hybridized carbons (Fsp3) is 0. The highest BCUT2D eigenvalue weighted by Crippen LogP contribution is 2.27. The van der Waals surface area contributed by atoms with Crippen molar-refractivity contribution in [1.82, 2.24) is 14.8 Å². The van der Waals surface area contributed by atoms with Crippen LogP contribution in [-0.2, 0) is 0 Å². The van der Waals surface area contributed by atoms with Crippen molar-refractivity contribution in [2.45, 2.75) is 0 Å². The molecule has 4 rings (SSSR count). The summed E-state index contributed by atoms with van der Waals surface area (Å²) in [4.78, 5) is 27.4. The third-order valence-electron chi connectivity index (χ3n) is 3.95. The van der Waals surface area contributed by atoms with Gasteiger partial charge >= 0.3 is 0 Å². The minimum atomic E-state index is -0.453. The van der Waals surface area contributed by atoms with Crippen LogP contribution in [0.25, 0.3) is 16.9 Å². The van der Waals surface area contributed by atoms with E-state index in [-0.39, 0.29) is 11.6 Å². The predicted octanol–water partition coefficient (Wildman–Crippen LogP) is 4.16. The third-order valence-corrected chi connectivity index (χ3v) is 4.71. The van der Waals surface area contributed by atoms with E-state index in [0.717, 1.165) is 5.69 Å². The van der Waals surface area contributed by atoms with Gasteiger partial charge in [0.2, 0.25) is 0 Å². The molecule has 0 saturated carbocycles. The molecule has 2 aromatic heterocycles. The van der Waals surface area contributed by atoms with Crippen LogP contribution in [0.1, 0.15) is 10.4 Å². The minimum Gasteiger partial charge on any atom is -0.298 e. The second-order valence-corrected chi connectivity index (χ2v) is 6.66. The molecule has 0 spiro atoms. The largest absolute Gasteiger partial charge is 0.298 e. The number of rotatable bonds is 5. The Hall–Kier alpha value is -3.85. The number of nitrogens with one attached hydrogen (secondary N) is 1. The molecule has 0 fully saturated rings. The lowest BCUT2D eigenvalue weighted by atomic mass is 10.1. The van der Waals surface area contributed by atoms with Gasteiger partial charge in [0.1, 0.15) is 0 Å². The Morgan fingerprint density at radius 1 is 1.14 bits per heavy atom. The van der Waals surface area contributed by atoms with Crippen LogP contribution in [0.4, 0.5) is 10.8 Å². The van der Waals surface area contributed by atoms with Crippen molar-refractivity contribution in [2.24, 2.45) is 0 Å². The number of aromatic nitrogens is 3. The number of carbonyl (C=O) groups excluding carboxylic acids is 1. The molecule has 4 aromatic rings. The van der Waals surface area contributed by atoms with Gasteiger partial charge in [-0.3, -0.25) is 20.2 Å². The fourth-order valence-corrected chi connectivity index (χ4v) is 3.34. The maximum absolute atomic E-state index is 12.6. The Labute approximate surface area is 163 Å². The molecule has 28 heavy (non-hydrogen) atoms. The van der Waals surface area contributed by atoms with Crippen molar-refractivity contribution in [3.05, 3.63) is 88.0 Å². The highest BCUT2D eigenvalue weighted by atomic mass is 32.1. The molecule has 0 saturated heterocycles. The van der Waals surface area contributed by atoms with Crippen LogP contribution in [0.5, 0.6) is 0 Å². The molecule has 1 amide bonds. The van der Waals surface area contributed by atoms with E-state index in [4.69, 9.17) is 0 Å². The standard InChI is InChI=1S/C19H13N5O3S/c25-18(14-5-2-6-15(11-14)23-9-3-8-20-23)22-19-21-17(12-28-19)13-4-1-7-16(10-13)24(26)27/h1-12H,(H,21,22,25). The van der Waals surface area contributed by atoms with Gasteiger partial charge in [-0.1, -0.05) is 18.2 Å². The first-order valence-corrected chi connectivity index (χ1v) is 9.10. The summed E-state index contributed by atoms with van der Waals surface area (Å²) >= 11 is 1.25. The molecule has 0 aliphatic carbocycles. The molecule has 0 aliphatic rings. The number of thiazole rings is 1. The maximum atomic E-state index is 12.6. The summed E-state index contributed by atoms with van der Waals surface area (Å²) in [6.45, 7) is 0. The number of nitro benzene ring substituents is 1. The number of benzene rings is 2. The molecular weight excluding hydrogens is 378 g/mol. The monoisotopic (exact) mass is 391 g/mol. The van der Waals surface area contributed by atoms with E-state index in [2.05, 4.69) is 15.4 Å². The molecule has 0 bridgehead atoms. The van der Waals surface area contributed by atoms with Gasteiger partial charge in [-0.05, 0) is 24.3 Å². The molecule has 8 nitrogen and oxygen atoms in total. The van der Waals surface area contributed by atoms with Crippen LogP contribution < -0.4 is 5.32 Å². The number of hydrogen-bond donors (Lipinski definition) is 1. The van der Waals surface area contributed by atoms with E-state index >= 15 is 0 Å². The first-order valence-electron chi connectivity index (χ1n) is 8.22. The van der Waals surface area contributed by atoms with E-state index in [0.29, 0.717) is 22.0 Å². The second kappa shape index (κ2) is 7.41. The number of nitrogens with zero attached hydrogens (tertiary/aromatic N) is 4. The summed E-state index contributed by atoms with van der Waals surface area (Å²) in [5.41, 5.74) is 2.42. The average Bonchev–Trinajstić information content (AvgIpc) is 3.40. The summed E-state index contributed by atoms with van der Waals surface area (Å²) in [6.07, 6.45) is 3.46. The van der Waals surface area contributed by atoms with E-state index in [1.165, 1.54) is 23.5 Å². The smallest absolute Gasteiger partial charge is 0.270 e. The van der Waals surface area contributed by atoms with E-state index in [9.17, 15) is 14.9 Å². The predicted molar refractivity (Wildman–Crippen MR) is 106 cm³/mol. The van der Waals surface area contributed by atoms with Crippen LogP contribution in [0.15, 0.2) is 72.4 Å². The van der Waals surface area contributed by atoms with Crippen molar-refractivity contribution in [2.75, 3.05) is 5.32 Å². The van der Waals surface area contributed by atoms with Crippen LogP contribution in [0, 0.1) is 10.1 Å². The summed E-state index contributed by atoms with van der Waals surface area (Å²) < 4.78 is 1.67. The number of amides is 1. The van der Waals surface area contributed by atoms with Crippen LogP contribution >= 0.6 is 11.3 Å². The molecule has 9 heteroatoms. The number of carbonyl (C=O) groups is 1. The Balaban J connectivity index is 1.53. The SMILES string of the molecule is O=C(Nc1nc(-c2cccc([N+](=O)[O-])c2)cs1)c1cccc(-n2cccn2)c1. The van der Waals surface area contributed by atoms with Crippen molar-refractivity contribution < 1.29 is 9.72 Å². The third kappa shape index (κ3) is 3.64. The quantitative estimate of drug-likeness (QED) is 0.406. The first kappa shape index (κ1) is 17.6. The normalized spacial score (nSPS) is 10.6. The molecule has 0 unspecified atom stereocenters. The van der Waals surface area contributed by atoms with E-state index in [1.54, 1.807) is 58.9 Å². The lowest BCUT2D eigenvalue weighted by Crippen LogP contribution is -2.12. The Morgan fingerprint density at radius 2 is 2.00 bits per heavy atom. The highest BCUT2D eigenvalue weighted by molar-refractivity contribution is 7.14. The zero-order chi connectivity index (χ0) is 19.5. The van der Waals surface area contributed by atoms with Gasteiger partial charge in [0, 0.05) is 41.0 Å². The first-order chi connectivity index (χ1) is 13.6. The molecular formula is C19H13N5O3S. The van der Waals surface area contributed by atoms with Crippen LogP contribution in [0.3, 0.4) is 0 Å². The zero-order valence-electron chi connectivity index (χ0n) is 14.4. The minimum absolute atomic E-state index is 0.00785. The summed E-state index contributed by atoms with van der Waals surface area (Å²) in [5, 5.41) is 20.0. The topological polar surface area (TPSA) is 103 Å². The molecule has 0 aliphatic heterocycles. The van der Waals surface area contributed by atoms with Gasteiger partial charge in [0.25, 0.3) is 11.6 Å². The Bertz CT molecular complexity index is 1150. The van der Waals surface area contributed by atoms with Gasteiger partial charge in [-0.25, -0.2) is 9.67 Å². The van der Waals surface area contributed by atoms with E-state index < -0.39 is 4.92 Å². The number of anilines is 1. The number of nitro groups is 1. The summed E-state index contributed by atoms with van der Waals surface area (Å²) in [5.74, 6) is -0.297. The molecule has 1 N–H and O–H groups in total. The summed E-state index contributed by atoms with van der Waals surface area (Å²) in [6, 6.07) is 15.1. The number of hydrogen-bond acceptors (Lipinski definition) is 6. The molecule has 0 radical (unpaired) electrons. The lowest BCUT2D eigenvalue weighted by molar-refractivity contribution is -0.384. The fourth-order valence-electron chi connectivity index (χ4n) is 2.62. The number of non-ortho nitro benzene ring substituents is 1. The summed E-state index contributed by atoms with van der Waals surface area (Å²) in [7, 11) is 0. The molecule has 2 aromatic carbocycles. The van der Waals surface area contributed by atoms with Gasteiger partial charge in [-0.2, -0.15) is 5.10 Å². The van der Waals surface area contributed by atoms with Gasteiger partial charge < -0.3 is 0 Å². The van der Waals surface area contributed by atoms with Crippen molar-refractivity contribution in [3.63, 3.8) is 0 Å². The van der Waals surface area contributed by atoms with Crippen molar-refractivity contribution in [3.8, 4) is 16.9 Å². The molecule has 0 atom stereocenters. The van der Waals surface area contributed by atoms with Gasteiger partial charge in [-0.15, -0.1) is 11.3 Å². The van der Waals surface area contributed by atoms with Crippen molar-refractivity contribution >= 4 is 28.1 Å². The Morgan fingerprint density at radius 3 is 2.79 bits per heavy atom. The Kier molecular flexibility index (Phi) is 4.65. The molecule has 138 valence electrons. The average molecular weight is 391 g/mol. The van der Waals surface area contributed by atoms with Crippen LogP contribution in [0.2, 0.25) is 0 Å². The molecule has 2 heterocycles. The second-order valence-electron chi connectivity index (χ2n) is 5.80. The highest BCUT2D eigenvalue weighted by Gasteiger charge is 2.13. The van der Waals surface area contributed by atoms with Crippen molar-refractivity contribution in [1.29, 1.82) is 0 Å². The zero-order valence-corrected chi connectivity index (χ0v) is 15.2.